The van der Waals surface area contributed by atoms with Gasteiger partial charge in [0.15, 0.2) is 5.76 Å². The molecule has 0 aliphatic rings. The van der Waals surface area contributed by atoms with E-state index >= 15 is 0 Å². The van der Waals surface area contributed by atoms with Gasteiger partial charge in [0.2, 0.25) is 0 Å². The van der Waals surface area contributed by atoms with Crippen molar-refractivity contribution in [2.45, 2.75) is 20.3 Å². The summed E-state index contributed by atoms with van der Waals surface area (Å²) in [5, 5.41) is 10.1. The Hall–Kier alpha value is -3.94. The highest BCUT2D eigenvalue weighted by Gasteiger charge is 2.20. The Labute approximate surface area is 172 Å². The molecule has 0 aliphatic carbocycles. The second kappa shape index (κ2) is 8.20. The third kappa shape index (κ3) is 3.80. The number of benzene rings is 1. The van der Waals surface area contributed by atoms with Gasteiger partial charge in [0.05, 0.1) is 22.9 Å². The van der Waals surface area contributed by atoms with Gasteiger partial charge in [-0.1, -0.05) is 18.1 Å². The van der Waals surface area contributed by atoms with Crippen LogP contribution in [0.5, 0.6) is 0 Å². The van der Waals surface area contributed by atoms with Crippen LogP contribution in [0.4, 0.5) is 5.69 Å². The predicted molar refractivity (Wildman–Crippen MR) is 111 cm³/mol. The van der Waals surface area contributed by atoms with E-state index < -0.39 is 0 Å². The molecule has 4 rings (SSSR count). The number of aryl methyl sites for hydroxylation is 1. The Morgan fingerprint density at radius 2 is 1.97 bits per heavy atom. The number of hydrogen-bond acceptors (Lipinski definition) is 6. The summed E-state index contributed by atoms with van der Waals surface area (Å²) in [6.07, 6.45) is 2.37. The van der Waals surface area contributed by atoms with E-state index in [-0.39, 0.29) is 17.5 Å². The number of furan rings is 1. The summed E-state index contributed by atoms with van der Waals surface area (Å²) < 4.78 is 10.7. The van der Waals surface area contributed by atoms with Crippen molar-refractivity contribution in [3.63, 3.8) is 0 Å². The van der Waals surface area contributed by atoms with Gasteiger partial charge in [0.25, 0.3) is 17.5 Å². The van der Waals surface area contributed by atoms with Crippen LogP contribution in [0, 0.1) is 6.92 Å². The molecule has 0 aliphatic heterocycles. The molecule has 0 unspecified atom stereocenters. The standard InChI is InChI=1S/C22H20N4O4/c1-3-9-23-20(27)14-6-4-7-15(11-14)24-21(28)16-12-17(18-8-5-10-29-18)25-22-19(16)13(2)26-30-22/h4-8,10-12H,3,9H2,1-2H3,(H,23,27)(H,24,28). The summed E-state index contributed by atoms with van der Waals surface area (Å²) in [5.74, 6) is -0.0450. The van der Waals surface area contributed by atoms with Gasteiger partial charge in [-0.25, -0.2) is 4.98 Å². The summed E-state index contributed by atoms with van der Waals surface area (Å²) in [7, 11) is 0. The topological polar surface area (TPSA) is 110 Å². The predicted octanol–water partition coefficient (Wildman–Crippen LogP) is 4.18. The summed E-state index contributed by atoms with van der Waals surface area (Å²) in [6, 6.07) is 11.9. The summed E-state index contributed by atoms with van der Waals surface area (Å²) in [6.45, 7) is 4.32. The van der Waals surface area contributed by atoms with Crippen LogP contribution in [0.1, 0.15) is 39.8 Å². The molecular weight excluding hydrogens is 384 g/mol. The fourth-order valence-electron chi connectivity index (χ4n) is 3.10. The minimum atomic E-state index is -0.368. The van der Waals surface area contributed by atoms with Crippen molar-refractivity contribution in [2.75, 3.05) is 11.9 Å². The average molecular weight is 404 g/mol. The number of rotatable bonds is 6. The van der Waals surface area contributed by atoms with Crippen LogP contribution >= 0.6 is 0 Å². The Morgan fingerprint density at radius 1 is 1.10 bits per heavy atom. The molecular formula is C22H20N4O4. The Balaban J connectivity index is 1.67. The summed E-state index contributed by atoms with van der Waals surface area (Å²) >= 11 is 0. The van der Waals surface area contributed by atoms with Crippen LogP contribution in [0.25, 0.3) is 22.6 Å². The summed E-state index contributed by atoms with van der Waals surface area (Å²) in [5.41, 5.74) is 2.59. The highest BCUT2D eigenvalue weighted by atomic mass is 16.5. The van der Waals surface area contributed by atoms with Gasteiger partial charge >= 0.3 is 0 Å². The van der Waals surface area contributed by atoms with Gasteiger partial charge in [-0.3, -0.25) is 9.59 Å². The molecule has 152 valence electrons. The smallest absolute Gasteiger partial charge is 0.259 e. The van der Waals surface area contributed by atoms with Gasteiger partial charge in [-0.2, -0.15) is 0 Å². The molecule has 2 amide bonds. The number of pyridine rings is 1. The lowest BCUT2D eigenvalue weighted by Crippen LogP contribution is -2.24. The average Bonchev–Trinajstić information content (AvgIpc) is 3.42. The molecule has 0 atom stereocenters. The lowest BCUT2D eigenvalue weighted by atomic mass is 10.1. The molecule has 0 saturated carbocycles. The van der Waals surface area contributed by atoms with Gasteiger partial charge in [0.1, 0.15) is 5.69 Å². The maximum atomic E-state index is 13.1. The lowest BCUT2D eigenvalue weighted by Gasteiger charge is -2.09. The quantitative estimate of drug-likeness (QED) is 0.499. The largest absolute Gasteiger partial charge is 0.463 e. The molecule has 2 N–H and O–H groups in total. The number of fused-ring (bicyclic) bond motifs is 1. The Bertz CT molecular complexity index is 1210. The molecule has 3 heterocycles. The Kier molecular flexibility index (Phi) is 5.30. The number of nitrogens with one attached hydrogen (secondary N) is 2. The van der Waals surface area contributed by atoms with Crippen molar-refractivity contribution in [3.05, 3.63) is 65.5 Å². The monoisotopic (exact) mass is 404 g/mol. The van der Waals surface area contributed by atoms with E-state index in [1.807, 2.05) is 6.92 Å². The second-order valence-electron chi connectivity index (χ2n) is 6.77. The molecule has 0 bridgehead atoms. The first-order valence-electron chi connectivity index (χ1n) is 9.57. The van der Waals surface area contributed by atoms with Crippen molar-refractivity contribution in [1.82, 2.24) is 15.5 Å². The SMILES string of the molecule is CCCNC(=O)c1cccc(NC(=O)c2cc(-c3ccco3)nc3onc(C)c23)c1. The maximum Gasteiger partial charge on any atom is 0.259 e. The van der Waals surface area contributed by atoms with E-state index in [9.17, 15) is 9.59 Å². The highest BCUT2D eigenvalue weighted by molar-refractivity contribution is 6.13. The maximum absolute atomic E-state index is 13.1. The van der Waals surface area contributed by atoms with E-state index in [0.29, 0.717) is 45.9 Å². The van der Waals surface area contributed by atoms with E-state index in [1.54, 1.807) is 49.4 Å². The number of hydrogen-bond donors (Lipinski definition) is 2. The number of anilines is 1. The van der Waals surface area contributed by atoms with E-state index in [2.05, 4.69) is 20.8 Å². The first kappa shape index (κ1) is 19.4. The molecule has 0 saturated heterocycles. The van der Waals surface area contributed by atoms with Crippen molar-refractivity contribution < 1.29 is 18.5 Å². The molecule has 30 heavy (non-hydrogen) atoms. The zero-order valence-corrected chi connectivity index (χ0v) is 16.6. The van der Waals surface area contributed by atoms with Gasteiger partial charge in [-0.15, -0.1) is 0 Å². The van der Waals surface area contributed by atoms with Gasteiger partial charge in [-0.05, 0) is 49.7 Å². The molecule has 8 heteroatoms. The molecule has 4 aromatic rings. The molecule has 0 spiro atoms. The third-order valence-electron chi connectivity index (χ3n) is 4.55. The van der Waals surface area contributed by atoms with E-state index in [0.717, 1.165) is 6.42 Å². The fourth-order valence-corrected chi connectivity index (χ4v) is 3.10. The van der Waals surface area contributed by atoms with Crippen molar-refractivity contribution >= 4 is 28.6 Å². The summed E-state index contributed by atoms with van der Waals surface area (Å²) in [4.78, 5) is 29.7. The minimum Gasteiger partial charge on any atom is -0.463 e. The number of nitrogens with zero attached hydrogens (tertiary/aromatic N) is 2. The van der Waals surface area contributed by atoms with Crippen LogP contribution in [0.15, 0.2) is 57.7 Å². The molecule has 0 radical (unpaired) electrons. The number of carbonyl (C=O) groups excluding carboxylic acids is 2. The lowest BCUT2D eigenvalue weighted by molar-refractivity contribution is 0.0952. The first-order valence-corrected chi connectivity index (χ1v) is 9.57. The number of carbonyl (C=O) groups is 2. The number of amides is 2. The van der Waals surface area contributed by atoms with Crippen LogP contribution in [0.3, 0.4) is 0 Å². The van der Waals surface area contributed by atoms with Gasteiger partial charge < -0.3 is 19.6 Å². The second-order valence-corrected chi connectivity index (χ2v) is 6.77. The minimum absolute atomic E-state index is 0.186. The molecule has 3 aromatic heterocycles. The van der Waals surface area contributed by atoms with Crippen molar-refractivity contribution in [1.29, 1.82) is 0 Å². The van der Waals surface area contributed by atoms with Crippen molar-refractivity contribution in [2.24, 2.45) is 0 Å². The van der Waals surface area contributed by atoms with Crippen LogP contribution < -0.4 is 10.6 Å². The van der Waals surface area contributed by atoms with Crippen molar-refractivity contribution in [3.8, 4) is 11.5 Å². The van der Waals surface area contributed by atoms with E-state index in [1.165, 1.54) is 6.26 Å². The fraction of sp³-hybridized carbons (Fsp3) is 0.182. The third-order valence-corrected chi connectivity index (χ3v) is 4.55. The molecule has 8 nitrogen and oxygen atoms in total. The van der Waals surface area contributed by atoms with Crippen LogP contribution in [-0.4, -0.2) is 28.5 Å². The normalized spacial score (nSPS) is 10.9. The highest BCUT2D eigenvalue weighted by Crippen LogP contribution is 2.28. The first-order chi connectivity index (χ1) is 14.6. The molecule has 1 aromatic carbocycles. The zero-order valence-electron chi connectivity index (χ0n) is 16.6. The number of aromatic nitrogens is 2. The zero-order chi connectivity index (χ0) is 21.1. The van der Waals surface area contributed by atoms with Crippen LogP contribution in [0.2, 0.25) is 0 Å². The molecule has 0 fully saturated rings. The van der Waals surface area contributed by atoms with E-state index in [4.69, 9.17) is 8.94 Å². The van der Waals surface area contributed by atoms with Crippen LogP contribution in [-0.2, 0) is 0 Å². The Morgan fingerprint density at radius 3 is 2.73 bits per heavy atom. The van der Waals surface area contributed by atoms with Gasteiger partial charge in [0, 0.05) is 17.8 Å².